The van der Waals surface area contributed by atoms with Gasteiger partial charge in [-0.15, -0.1) is 0 Å². The monoisotopic (exact) mass is 280 g/mol. The van der Waals surface area contributed by atoms with Crippen molar-refractivity contribution >= 4 is 22.5 Å². The highest BCUT2D eigenvalue weighted by molar-refractivity contribution is 6.07. The number of benzene rings is 1. The third-order valence-electron chi connectivity index (χ3n) is 3.07. The fraction of sp³-hybridized carbons (Fsp3) is 0.0667. The van der Waals surface area contributed by atoms with Crippen LogP contribution < -0.4 is 10.9 Å². The van der Waals surface area contributed by atoms with Crippen molar-refractivity contribution in [3.8, 4) is 0 Å². The Balaban J connectivity index is 1.96. The highest BCUT2D eigenvalue weighted by atomic mass is 16.2. The molecule has 0 aliphatic heterocycles. The van der Waals surface area contributed by atoms with Crippen molar-refractivity contribution < 1.29 is 4.79 Å². The second-order valence-electron chi connectivity index (χ2n) is 4.52. The zero-order valence-corrected chi connectivity index (χ0v) is 11.3. The Kier molecular flexibility index (Phi) is 3.19. The number of hydrogen-bond donors (Lipinski definition) is 1. The minimum Gasteiger partial charge on any atom is -0.319 e. The van der Waals surface area contributed by atoms with E-state index in [0.29, 0.717) is 11.2 Å². The summed E-state index contributed by atoms with van der Waals surface area (Å²) < 4.78 is 1.12. The van der Waals surface area contributed by atoms with Crippen molar-refractivity contribution in [2.75, 3.05) is 5.32 Å². The van der Waals surface area contributed by atoms with Crippen LogP contribution in [0, 0.1) is 0 Å². The quantitative estimate of drug-likeness (QED) is 0.773. The lowest BCUT2D eigenvalue weighted by molar-refractivity contribution is 0.102. The molecule has 0 atom stereocenters. The highest BCUT2D eigenvalue weighted by Gasteiger charge is 2.11. The molecule has 6 heteroatoms. The number of fused-ring (bicyclic) bond motifs is 1. The standard InChI is InChI=1S/C15H12N4O2/c1-19-13(20)8-7-12(18-19)15(21)17-11-6-2-4-10-5-3-9-16-14(10)11/h2-9H,1H3,(H,17,21). The fourth-order valence-corrected chi connectivity index (χ4v) is 2.01. The third-order valence-corrected chi connectivity index (χ3v) is 3.07. The summed E-state index contributed by atoms with van der Waals surface area (Å²) in [6.45, 7) is 0. The second kappa shape index (κ2) is 5.16. The Morgan fingerprint density at radius 2 is 1.95 bits per heavy atom. The summed E-state index contributed by atoms with van der Waals surface area (Å²) in [6, 6.07) is 12.0. The molecule has 1 amide bonds. The van der Waals surface area contributed by atoms with E-state index >= 15 is 0 Å². The van der Waals surface area contributed by atoms with Gasteiger partial charge >= 0.3 is 0 Å². The molecule has 0 aliphatic rings. The summed E-state index contributed by atoms with van der Waals surface area (Å²) in [7, 11) is 1.50. The minimum atomic E-state index is -0.385. The Morgan fingerprint density at radius 1 is 1.14 bits per heavy atom. The zero-order valence-electron chi connectivity index (χ0n) is 11.3. The average Bonchev–Trinajstić information content (AvgIpc) is 2.50. The summed E-state index contributed by atoms with van der Waals surface area (Å²) in [6.07, 6.45) is 1.67. The van der Waals surface area contributed by atoms with Crippen LogP contribution in [-0.2, 0) is 7.05 Å². The van der Waals surface area contributed by atoms with Crippen LogP contribution in [0.25, 0.3) is 10.9 Å². The van der Waals surface area contributed by atoms with Gasteiger partial charge in [-0.05, 0) is 18.2 Å². The molecule has 21 heavy (non-hydrogen) atoms. The Hall–Kier alpha value is -3.02. The van der Waals surface area contributed by atoms with Gasteiger partial charge in [0.1, 0.15) is 5.69 Å². The van der Waals surface area contributed by atoms with Crippen molar-refractivity contribution in [1.82, 2.24) is 14.8 Å². The normalized spacial score (nSPS) is 10.5. The molecule has 0 spiro atoms. The molecular formula is C15H12N4O2. The van der Waals surface area contributed by atoms with Gasteiger partial charge in [0, 0.05) is 24.7 Å². The maximum atomic E-state index is 12.2. The van der Waals surface area contributed by atoms with Gasteiger partial charge in [0.25, 0.3) is 11.5 Å². The maximum absolute atomic E-state index is 12.2. The number of hydrogen-bond acceptors (Lipinski definition) is 4. The van der Waals surface area contributed by atoms with E-state index in [-0.39, 0.29) is 17.2 Å². The van der Waals surface area contributed by atoms with Gasteiger partial charge < -0.3 is 5.32 Å². The molecule has 3 rings (SSSR count). The van der Waals surface area contributed by atoms with Crippen molar-refractivity contribution in [1.29, 1.82) is 0 Å². The predicted molar refractivity (Wildman–Crippen MR) is 79.2 cm³/mol. The number of carbonyl (C=O) groups is 1. The first-order chi connectivity index (χ1) is 10.1. The first-order valence-corrected chi connectivity index (χ1v) is 6.34. The van der Waals surface area contributed by atoms with Crippen LogP contribution in [0.3, 0.4) is 0 Å². The molecule has 0 unspecified atom stereocenters. The smallest absolute Gasteiger partial charge is 0.276 e. The molecular weight excluding hydrogens is 268 g/mol. The molecule has 0 radical (unpaired) electrons. The van der Waals surface area contributed by atoms with Gasteiger partial charge in [0.2, 0.25) is 0 Å². The first kappa shape index (κ1) is 13.0. The van der Waals surface area contributed by atoms with Gasteiger partial charge in [0.05, 0.1) is 11.2 Å². The van der Waals surface area contributed by atoms with Crippen LogP contribution >= 0.6 is 0 Å². The van der Waals surface area contributed by atoms with Crippen molar-refractivity contribution in [3.63, 3.8) is 0 Å². The summed E-state index contributed by atoms with van der Waals surface area (Å²) in [4.78, 5) is 27.8. The average molecular weight is 280 g/mol. The number of nitrogens with one attached hydrogen (secondary N) is 1. The first-order valence-electron chi connectivity index (χ1n) is 6.34. The number of para-hydroxylation sites is 1. The molecule has 2 aromatic heterocycles. The van der Waals surface area contributed by atoms with Crippen LogP contribution in [0.1, 0.15) is 10.5 Å². The molecule has 3 aromatic rings. The van der Waals surface area contributed by atoms with E-state index in [1.54, 1.807) is 12.3 Å². The molecule has 1 N–H and O–H groups in total. The third kappa shape index (κ3) is 2.51. The van der Waals surface area contributed by atoms with Crippen LogP contribution in [0.15, 0.2) is 53.5 Å². The minimum absolute atomic E-state index is 0.171. The molecule has 0 aliphatic carbocycles. The van der Waals surface area contributed by atoms with E-state index < -0.39 is 0 Å². The second-order valence-corrected chi connectivity index (χ2v) is 4.52. The Bertz CT molecular complexity index is 881. The van der Waals surface area contributed by atoms with E-state index in [2.05, 4.69) is 15.4 Å². The zero-order chi connectivity index (χ0) is 14.8. The van der Waals surface area contributed by atoms with Gasteiger partial charge in [-0.1, -0.05) is 18.2 Å². The number of carbonyl (C=O) groups excluding carboxylic acids is 1. The number of aromatic nitrogens is 3. The summed E-state index contributed by atoms with van der Waals surface area (Å²) in [5, 5.41) is 7.62. The van der Waals surface area contributed by atoms with Gasteiger partial charge in [-0.25, -0.2) is 4.68 Å². The van der Waals surface area contributed by atoms with Crippen molar-refractivity contribution in [3.05, 3.63) is 64.7 Å². The SMILES string of the molecule is Cn1nc(C(=O)Nc2cccc3cccnc23)ccc1=O. The number of aryl methyl sites for hydroxylation is 1. The largest absolute Gasteiger partial charge is 0.319 e. The molecule has 0 saturated heterocycles. The summed E-state index contributed by atoms with van der Waals surface area (Å²) >= 11 is 0. The van der Waals surface area contributed by atoms with Crippen LogP contribution in [0.5, 0.6) is 0 Å². The molecule has 104 valence electrons. The van der Waals surface area contributed by atoms with Gasteiger partial charge in [0.15, 0.2) is 0 Å². The lowest BCUT2D eigenvalue weighted by Gasteiger charge is -2.07. The molecule has 2 heterocycles. The van der Waals surface area contributed by atoms with E-state index in [4.69, 9.17) is 0 Å². The number of anilines is 1. The fourth-order valence-electron chi connectivity index (χ4n) is 2.01. The van der Waals surface area contributed by atoms with E-state index in [0.717, 1.165) is 10.1 Å². The summed E-state index contributed by atoms with van der Waals surface area (Å²) in [5.74, 6) is -0.385. The molecule has 0 fully saturated rings. The number of rotatable bonds is 2. The lowest BCUT2D eigenvalue weighted by atomic mass is 10.2. The number of amides is 1. The summed E-state index contributed by atoms with van der Waals surface area (Å²) in [5.41, 5.74) is 1.22. The van der Waals surface area contributed by atoms with Crippen LogP contribution in [-0.4, -0.2) is 20.7 Å². The van der Waals surface area contributed by atoms with Gasteiger partial charge in [-0.3, -0.25) is 14.6 Å². The van der Waals surface area contributed by atoms with E-state index in [1.165, 1.54) is 19.2 Å². The van der Waals surface area contributed by atoms with Crippen molar-refractivity contribution in [2.24, 2.45) is 7.05 Å². The van der Waals surface area contributed by atoms with Crippen LogP contribution in [0.4, 0.5) is 5.69 Å². The Morgan fingerprint density at radius 3 is 2.76 bits per heavy atom. The molecule has 0 saturated carbocycles. The van der Waals surface area contributed by atoms with Crippen molar-refractivity contribution in [2.45, 2.75) is 0 Å². The molecule has 0 bridgehead atoms. The molecule has 1 aromatic carbocycles. The van der Waals surface area contributed by atoms with Crippen LogP contribution in [0.2, 0.25) is 0 Å². The highest BCUT2D eigenvalue weighted by Crippen LogP contribution is 2.20. The van der Waals surface area contributed by atoms with E-state index in [1.807, 2.05) is 24.3 Å². The number of nitrogens with zero attached hydrogens (tertiary/aromatic N) is 3. The maximum Gasteiger partial charge on any atom is 0.276 e. The topological polar surface area (TPSA) is 76.9 Å². The number of pyridine rings is 1. The predicted octanol–water partition coefficient (Wildman–Crippen LogP) is 1.58. The lowest BCUT2D eigenvalue weighted by Crippen LogP contribution is -2.23. The Labute approximate surface area is 120 Å². The van der Waals surface area contributed by atoms with E-state index in [9.17, 15) is 9.59 Å². The molecule has 6 nitrogen and oxygen atoms in total. The van der Waals surface area contributed by atoms with Gasteiger partial charge in [-0.2, -0.15) is 5.10 Å².